The van der Waals surface area contributed by atoms with Gasteiger partial charge in [-0.3, -0.25) is 14.4 Å². The SMILES string of the molecule is C=CCC(C(N)=O)C(CC1CC1)C(=O)N[C@H]1CCCCN(Cc2cccc(Oc3ccccc3)c2)C1=O. The molecule has 2 aromatic rings. The van der Waals surface area contributed by atoms with Gasteiger partial charge in [0.05, 0.1) is 11.8 Å². The minimum Gasteiger partial charge on any atom is -0.457 e. The van der Waals surface area contributed by atoms with Crippen molar-refractivity contribution in [3.05, 3.63) is 72.8 Å². The maximum absolute atomic E-state index is 13.5. The third-order valence-electron chi connectivity index (χ3n) is 7.24. The molecule has 2 aromatic carbocycles. The molecule has 4 rings (SSSR count). The van der Waals surface area contributed by atoms with Crippen molar-refractivity contribution in [1.29, 1.82) is 0 Å². The molecule has 2 unspecified atom stereocenters. The minimum atomic E-state index is -0.613. The topological polar surface area (TPSA) is 102 Å². The fourth-order valence-corrected chi connectivity index (χ4v) is 5.05. The number of primary amides is 1. The van der Waals surface area contributed by atoms with Crippen LogP contribution in [0.2, 0.25) is 0 Å². The van der Waals surface area contributed by atoms with Crippen LogP contribution in [0.1, 0.15) is 50.5 Å². The standard InChI is InChI=1S/C30H37N3O4/c1-2-9-25(28(31)34)26(19-21-15-16-21)29(35)32-27-14-6-7-17-33(30(27)36)20-22-10-8-13-24(18-22)37-23-11-4-3-5-12-23/h2-5,8,10-13,18,21,25-27H,1,6-7,9,14-17,19-20H2,(H2,31,34)(H,32,35)/t25?,26?,27-/m0/s1. The molecule has 3 N–H and O–H groups in total. The Hall–Kier alpha value is -3.61. The summed E-state index contributed by atoms with van der Waals surface area (Å²) in [6, 6.07) is 16.7. The van der Waals surface area contributed by atoms with E-state index in [4.69, 9.17) is 10.5 Å². The van der Waals surface area contributed by atoms with Gasteiger partial charge < -0.3 is 20.7 Å². The number of ether oxygens (including phenoxy) is 1. The van der Waals surface area contributed by atoms with E-state index in [1.54, 1.807) is 6.08 Å². The van der Waals surface area contributed by atoms with Crippen molar-refractivity contribution in [2.24, 2.45) is 23.5 Å². The normalized spacial score (nSPS) is 19.4. The average Bonchev–Trinajstić information content (AvgIpc) is 3.72. The van der Waals surface area contributed by atoms with Crippen molar-refractivity contribution in [2.75, 3.05) is 6.54 Å². The number of likely N-dealkylation sites (tertiary alicyclic amines) is 1. The zero-order chi connectivity index (χ0) is 26.2. The van der Waals surface area contributed by atoms with Crippen LogP contribution in [-0.2, 0) is 20.9 Å². The highest BCUT2D eigenvalue weighted by atomic mass is 16.5. The Labute approximate surface area is 219 Å². The van der Waals surface area contributed by atoms with E-state index in [0.717, 1.165) is 37.0 Å². The number of carbonyl (C=O) groups is 3. The van der Waals surface area contributed by atoms with Crippen molar-refractivity contribution in [3.63, 3.8) is 0 Å². The second kappa shape index (κ2) is 12.6. The van der Waals surface area contributed by atoms with E-state index in [2.05, 4.69) is 11.9 Å². The van der Waals surface area contributed by atoms with Crippen LogP contribution in [0.25, 0.3) is 0 Å². The number of hydrogen-bond acceptors (Lipinski definition) is 4. The van der Waals surface area contributed by atoms with E-state index in [1.807, 2.05) is 59.5 Å². The number of hydrogen-bond donors (Lipinski definition) is 2. The maximum atomic E-state index is 13.5. The Bertz CT molecular complexity index is 1100. The highest BCUT2D eigenvalue weighted by molar-refractivity contribution is 5.91. The van der Waals surface area contributed by atoms with E-state index >= 15 is 0 Å². The zero-order valence-electron chi connectivity index (χ0n) is 21.3. The molecule has 1 aliphatic carbocycles. The number of rotatable bonds is 12. The first-order valence-corrected chi connectivity index (χ1v) is 13.3. The van der Waals surface area contributed by atoms with Crippen molar-refractivity contribution in [1.82, 2.24) is 10.2 Å². The van der Waals surface area contributed by atoms with Gasteiger partial charge in [-0.25, -0.2) is 0 Å². The third-order valence-corrected chi connectivity index (χ3v) is 7.24. The van der Waals surface area contributed by atoms with E-state index in [-0.39, 0.29) is 11.8 Å². The van der Waals surface area contributed by atoms with Crippen LogP contribution < -0.4 is 15.8 Å². The highest BCUT2D eigenvalue weighted by Gasteiger charge is 2.38. The Morgan fingerprint density at radius 1 is 1.05 bits per heavy atom. The molecule has 1 aliphatic heterocycles. The lowest BCUT2D eigenvalue weighted by Crippen LogP contribution is -2.50. The molecule has 196 valence electrons. The summed E-state index contributed by atoms with van der Waals surface area (Å²) in [5.41, 5.74) is 6.62. The van der Waals surface area contributed by atoms with Gasteiger partial charge in [-0.05, 0) is 67.9 Å². The zero-order valence-corrected chi connectivity index (χ0v) is 21.3. The van der Waals surface area contributed by atoms with Crippen LogP contribution in [0.3, 0.4) is 0 Å². The second-order valence-electron chi connectivity index (χ2n) is 10.2. The molecule has 1 saturated carbocycles. The molecule has 0 spiro atoms. The van der Waals surface area contributed by atoms with Gasteiger partial charge in [0, 0.05) is 13.1 Å². The van der Waals surface area contributed by atoms with Crippen LogP contribution in [-0.4, -0.2) is 35.2 Å². The van der Waals surface area contributed by atoms with Gasteiger partial charge in [0.1, 0.15) is 17.5 Å². The first-order chi connectivity index (χ1) is 17.9. The van der Waals surface area contributed by atoms with E-state index in [1.165, 1.54) is 0 Å². The molecule has 37 heavy (non-hydrogen) atoms. The molecule has 2 aliphatic rings. The molecular weight excluding hydrogens is 466 g/mol. The number of allylic oxidation sites excluding steroid dienone is 1. The smallest absolute Gasteiger partial charge is 0.245 e. The number of nitrogens with one attached hydrogen (secondary N) is 1. The van der Waals surface area contributed by atoms with E-state index < -0.39 is 23.8 Å². The van der Waals surface area contributed by atoms with E-state index in [0.29, 0.717) is 44.0 Å². The summed E-state index contributed by atoms with van der Waals surface area (Å²) in [6.07, 6.45) is 7.01. The fraction of sp³-hybridized carbons (Fsp3) is 0.433. The minimum absolute atomic E-state index is 0.0928. The van der Waals surface area contributed by atoms with Gasteiger partial charge in [-0.15, -0.1) is 6.58 Å². The number of nitrogens with two attached hydrogens (primary N) is 1. The summed E-state index contributed by atoms with van der Waals surface area (Å²) in [6.45, 7) is 4.79. The van der Waals surface area contributed by atoms with Crippen LogP contribution in [0, 0.1) is 17.8 Å². The Kier molecular flexibility index (Phi) is 8.99. The molecule has 0 radical (unpaired) electrons. The molecule has 3 amide bonds. The summed E-state index contributed by atoms with van der Waals surface area (Å²) in [4.78, 5) is 40.9. The van der Waals surface area contributed by atoms with E-state index in [9.17, 15) is 14.4 Å². The molecule has 0 bridgehead atoms. The molecule has 2 fully saturated rings. The highest BCUT2D eigenvalue weighted by Crippen LogP contribution is 2.38. The molecule has 1 heterocycles. The lowest BCUT2D eigenvalue weighted by atomic mass is 9.83. The van der Waals surface area contributed by atoms with Gasteiger partial charge in [0.15, 0.2) is 0 Å². The summed E-state index contributed by atoms with van der Waals surface area (Å²) < 4.78 is 5.95. The molecule has 3 atom stereocenters. The molecule has 7 nitrogen and oxygen atoms in total. The summed E-state index contributed by atoms with van der Waals surface area (Å²) in [5, 5.41) is 3.00. The quantitative estimate of drug-likeness (QED) is 0.414. The molecule has 0 aromatic heterocycles. The van der Waals surface area contributed by atoms with Gasteiger partial charge in [-0.2, -0.15) is 0 Å². The molecular formula is C30H37N3O4. The van der Waals surface area contributed by atoms with Crippen LogP contribution in [0.5, 0.6) is 11.5 Å². The number of amides is 3. The summed E-state index contributed by atoms with van der Waals surface area (Å²) >= 11 is 0. The van der Waals surface area contributed by atoms with Crippen molar-refractivity contribution in [2.45, 2.75) is 57.5 Å². The first-order valence-electron chi connectivity index (χ1n) is 13.3. The van der Waals surface area contributed by atoms with Crippen molar-refractivity contribution < 1.29 is 19.1 Å². The Morgan fingerprint density at radius 2 is 1.81 bits per heavy atom. The largest absolute Gasteiger partial charge is 0.457 e. The number of nitrogens with zero attached hydrogens (tertiary/aromatic N) is 1. The predicted octanol–water partition coefficient (Wildman–Crippen LogP) is 4.57. The van der Waals surface area contributed by atoms with Gasteiger partial charge in [0.25, 0.3) is 0 Å². The number of benzene rings is 2. The van der Waals surface area contributed by atoms with Crippen LogP contribution >= 0.6 is 0 Å². The van der Waals surface area contributed by atoms with Gasteiger partial charge >= 0.3 is 0 Å². The third kappa shape index (κ3) is 7.44. The second-order valence-corrected chi connectivity index (χ2v) is 10.2. The number of para-hydroxylation sites is 1. The molecule has 7 heteroatoms. The first kappa shape index (κ1) is 26.5. The lowest BCUT2D eigenvalue weighted by molar-refractivity contribution is -0.139. The van der Waals surface area contributed by atoms with Crippen molar-refractivity contribution >= 4 is 17.7 Å². The van der Waals surface area contributed by atoms with Gasteiger partial charge in [0.2, 0.25) is 17.7 Å². The Balaban J connectivity index is 1.43. The van der Waals surface area contributed by atoms with Gasteiger partial charge in [-0.1, -0.05) is 49.2 Å². The average molecular weight is 504 g/mol. The van der Waals surface area contributed by atoms with Crippen LogP contribution in [0.4, 0.5) is 0 Å². The fourth-order valence-electron chi connectivity index (χ4n) is 5.05. The molecule has 1 saturated heterocycles. The predicted molar refractivity (Wildman–Crippen MR) is 142 cm³/mol. The summed E-state index contributed by atoms with van der Waals surface area (Å²) in [5.74, 6) is -0.0954. The monoisotopic (exact) mass is 503 g/mol. The van der Waals surface area contributed by atoms with Crippen LogP contribution in [0.15, 0.2) is 67.3 Å². The maximum Gasteiger partial charge on any atom is 0.245 e. The summed E-state index contributed by atoms with van der Waals surface area (Å²) in [7, 11) is 0. The lowest BCUT2D eigenvalue weighted by Gasteiger charge is -2.28. The van der Waals surface area contributed by atoms with Crippen molar-refractivity contribution in [3.8, 4) is 11.5 Å². The number of carbonyl (C=O) groups excluding carboxylic acids is 3. The Morgan fingerprint density at radius 3 is 2.51 bits per heavy atom.